The van der Waals surface area contributed by atoms with Gasteiger partial charge in [0.05, 0.1) is 0 Å². The van der Waals surface area contributed by atoms with Gasteiger partial charge >= 0.3 is 0 Å². The highest BCUT2D eigenvalue weighted by molar-refractivity contribution is 5.00. The molecule has 0 radical (unpaired) electrons. The van der Waals surface area contributed by atoms with Gasteiger partial charge in [-0.3, -0.25) is 16.2 Å². The third-order valence-corrected chi connectivity index (χ3v) is 3.92. The molecule has 84 valence electrons. The van der Waals surface area contributed by atoms with Crippen LogP contribution in [0.25, 0.3) is 0 Å². The Labute approximate surface area is 88.0 Å². The second kappa shape index (κ2) is 5.10. The molecule has 1 aliphatic carbocycles. The van der Waals surface area contributed by atoms with Gasteiger partial charge in [-0.1, -0.05) is 26.7 Å². The molecule has 0 heterocycles. The third-order valence-electron chi connectivity index (χ3n) is 3.92. The summed E-state index contributed by atoms with van der Waals surface area (Å²) in [5.74, 6) is 5.61. The lowest BCUT2D eigenvalue weighted by Gasteiger charge is -2.44. The van der Waals surface area contributed by atoms with Crippen LogP contribution in [-0.4, -0.2) is 29.6 Å². The lowest BCUT2D eigenvalue weighted by atomic mass is 9.87. The summed E-state index contributed by atoms with van der Waals surface area (Å²) in [4.78, 5) is 2.57. The first kappa shape index (κ1) is 12.0. The van der Waals surface area contributed by atoms with Crippen LogP contribution in [-0.2, 0) is 0 Å². The van der Waals surface area contributed by atoms with E-state index in [0.29, 0.717) is 11.6 Å². The van der Waals surface area contributed by atoms with Crippen molar-refractivity contribution in [2.45, 2.75) is 58.0 Å². The molecule has 0 amide bonds. The summed E-state index contributed by atoms with van der Waals surface area (Å²) in [6.45, 7) is 8.95. The average Bonchev–Trinajstić information content (AvgIpc) is 2.69. The van der Waals surface area contributed by atoms with E-state index in [1.54, 1.807) is 0 Å². The summed E-state index contributed by atoms with van der Waals surface area (Å²) in [5.41, 5.74) is 3.27. The minimum absolute atomic E-state index is 0.318. The molecule has 3 heteroatoms. The van der Waals surface area contributed by atoms with Crippen LogP contribution in [0.2, 0.25) is 0 Å². The molecule has 0 aromatic heterocycles. The van der Waals surface area contributed by atoms with Crippen molar-refractivity contribution in [3.63, 3.8) is 0 Å². The highest BCUT2D eigenvalue weighted by Gasteiger charge is 2.42. The van der Waals surface area contributed by atoms with Gasteiger partial charge < -0.3 is 0 Å². The quantitative estimate of drug-likeness (QED) is 0.521. The standard InChI is InChI=1S/C11H25N3/c1-4-14(5-2)11(10(3)13-12)8-6-7-9-11/h10,13H,4-9,12H2,1-3H3. The van der Waals surface area contributed by atoms with Crippen molar-refractivity contribution in [3.8, 4) is 0 Å². The van der Waals surface area contributed by atoms with Crippen molar-refractivity contribution < 1.29 is 0 Å². The first-order valence-corrected chi connectivity index (χ1v) is 5.92. The summed E-state index contributed by atoms with van der Waals surface area (Å²) in [5, 5.41) is 0. The molecule has 1 rings (SSSR count). The number of nitrogens with zero attached hydrogens (tertiary/aromatic N) is 1. The topological polar surface area (TPSA) is 41.3 Å². The number of likely N-dealkylation sites (N-methyl/N-ethyl adjacent to an activating group) is 1. The number of hydrogen-bond acceptors (Lipinski definition) is 3. The molecular formula is C11H25N3. The molecular weight excluding hydrogens is 174 g/mol. The lowest BCUT2D eigenvalue weighted by Crippen LogP contribution is -2.60. The first-order chi connectivity index (χ1) is 6.71. The number of rotatable bonds is 5. The SMILES string of the molecule is CCN(CC)C1(C(C)NN)CCCC1. The molecule has 0 aromatic rings. The van der Waals surface area contributed by atoms with Crippen LogP contribution < -0.4 is 11.3 Å². The van der Waals surface area contributed by atoms with E-state index in [0.717, 1.165) is 13.1 Å². The van der Waals surface area contributed by atoms with Gasteiger partial charge in [-0.15, -0.1) is 0 Å². The van der Waals surface area contributed by atoms with Crippen LogP contribution in [0.4, 0.5) is 0 Å². The normalized spacial score (nSPS) is 22.9. The Morgan fingerprint density at radius 2 is 1.79 bits per heavy atom. The Morgan fingerprint density at radius 3 is 2.14 bits per heavy atom. The van der Waals surface area contributed by atoms with E-state index < -0.39 is 0 Å². The maximum absolute atomic E-state index is 5.61. The molecule has 3 nitrogen and oxygen atoms in total. The van der Waals surface area contributed by atoms with Gasteiger partial charge in [-0.05, 0) is 32.9 Å². The number of hydrazine groups is 1. The van der Waals surface area contributed by atoms with E-state index in [1.165, 1.54) is 25.7 Å². The van der Waals surface area contributed by atoms with Gasteiger partial charge in [0, 0.05) is 11.6 Å². The van der Waals surface area contributed by atoms with Crippen LogP contribution >= 0.6 is 0 Å². The summed E-state index contributed by atoms with van der Waals surface area (Å²) in [6.07, 6.45) is 5.28. The van der Waals surface area contributed by atoms with Crippen molar-refractivity contribution in [2.24, 2.45) is 5.84 Å². The van der Waals surface area contributed by atoms with Gasteiger partial charge in [-0.2, -0.15) is 0 Å². The molecule has 0 saturated heterocycles. The molecule has 1 unspecified atom stereocenters. The molecule has 3 N–H and O–H groups in total. The summed E-state index contributed by atoms with van der Waals surface area (Å²) >= 11 is 0. The molecule has 0 spiro atoms. The lowest BCUT2D eigenvalue weighted by molar-refractivity contribution is 0.0696. The fourth-order valence-corrected chi connectivity index (χ4v) is 3.02. The molecule has 14 heavy (non-hydrogen) atoms. The highest BCUT2D eigenvalue weighted by Crippen LogP contribution is 2.37. The zero-order chi connectivity index (χ0) is 10.6. The van der Waals surface area contributed by atoms with E-state index in [1.807, 2.05) is 0 Å². The Kier molecular flexibility index (Phi) is 4.35. The third kappa shape index (κ3) is 1.95. The molecule has 0 aliphatic heterocycles. The van der Waals surface area contributed by atoms with Crippen LogP contribution in [0.1, 0.15) is 46.5 Å². The van der Waals surface area contributed by atoms with Crippen LogP contribution in [0.15, 0.2) is 0 Å². The number of nitrogens with one attached hydrogen (secondary N) is 1. The largest absolute Gasteiger partial charge is 0.297 e. The zero-order valence-corrected chi connectivity index (χ0v) is 9.84. The minimum atomic E-state index is 0.318. The summed E-state index contributed by atoms with van der Waals surface area (Å²) in [7, 11) is 0. The smallest absolute Gasteiger partial charge is 0.0373 e. The van der Waals surface area contributed by atoms with E-state index in [2.05, 4.69) is 31.1 Å². The van der Waals surface area contributed by atoms with Gasteiger partial charge in [0.25, 0.3) is 0 Å². The van der Waals surface area contributed by atoms with Gasteiger partial charge in [-0.25, -0.2) is 0 Å². The first-order valence-electron chi connectivity index (χ1n) is 5.92. The molecule has 1 aliphatic rings. The zero-order valence-electron chi connectivity index (χ0n) is 9.84. The fraction of sp³-hybridized carbons (Fsp3) is 1.00. The van der Waals surface area contributed by atoms with Crippen molar-refractivity contribution in [3.05, 3.63) is 0 Å². The van der Waals surface area contributed by atoms with Crippen LogP contribution in [0.5, 0.6) is 0 Å². The minimum Gasteiger partial charge on any atom is -0.297 e. The average molecular weight is 199 g/mol. The van der Waals surface area contributed by atoms with Crippen molar-refractivity contribution in [1.82, 2.24) is 10.3 Å². The van der Waals surface area contributed by atoms with Crippen LogP contribution in [0.3, 0.4) is 0 Å². The van der Waals surface area contributed by atoms with E-state index in [-0.39, 0.29) is 0 Å². The maximum atomic E-state index is 5.61. The Morgan fingerprint density at radius 1 is 1.29 bits per heavy atom. The van der Waals surface area contributed by atoms with Gasteiger partial charge in [0.15, 0.2) is 0 Å². The number of hydrogen-bond donors (Lipinski definition) is 2. The Bertz CT molecular complexity index is 160. The Balaban J connectivity index is 2.79. The molecule has 1 atom stereocenters. The second-order valence-corrected chi connectivity index (χ2v) is 4.37. The summed E-state index contributed by atoms with van der Waals surface area (Å²) in [6, 6.07) is 0.393. The van der Waals surface area contributed by atoms with E-state index in [4.69, 9.17) is 5.84 Å². The maximum Gasteiger partial charge on any atom is 0.0373 e. The van der Waals surface area contributed by atoms with Gasteiger partial charge in [0.2, 0.25) is 0 Å². The van der Waals surface area contributed by atoms with Crippen molar-refractivity contribution >= 4 is 0 Å². The number of nitrogens with two attached hydrogens (primary N) is 1. The molecule has 1 fully saturated rings. The van der Waals surface area contributed by atoms with Crippen molar-refractivity contribution in [1.29, 1.82) is 0 Å². The second-order valence-electron chi connectivity index (χ2n) is 4.37. The van der Waals surface area contributed by atoms with E-state index in [9.17, 15) is 0 Å². The van der Waals surface area contributed by atoms with Crippen LogP contribution in [0, 0.1) is 0 Å². The fourth-order valence-electron chi connectivity index (χ4n) is 3.02. The predicted octanol–water partition coefficient (Wildman–Crippen LogP) is 1.49. The molecule has 0 bridgehead atoms. The highest BCUT2D eigenvalue weighted by atomic mass is 15.3. The monoisotopic (exact) mass is 199 g/mol. The molecule has 0 aromatic carbocycles. The molecule has 1 saturated carbocycles. The Hall–Kier alpha value is -0.120. The predicted molar refractivity (Wildman–Crippen MR) is 60.9 cm³/mol. The van der Waals surface area contributed by atoms with E-state index >= 15 is 0 Å². The van der Waals surface area contributed by atoms with Gasteiger partial charge in [0.1, 0.15) is 0 Å². The summed E-state index contributed by atoms with van der Waals surface area (Å²) < 4.78 is 0. The van der Waals surface area contributed by atoms with Crippen molar-refractivity contribution in [2.75, 3.05) is 13.1 Å².